The maximum absolute atomic E-state index is 4.61. The highest BCUT2D eigenvalue weighted by Crippen LogP contribution is 2.12. The fraction of sp³-hybridized carbons (Fsp3) is 0.278. The zero-order valence-electron chi connectivity index (χ0n) is 14.5. The number of fused-ring (bicyclic) bond motifs is 1. The van der Waals surface area contributed by atoms with Crippen LogP contribution in [-0.4, -0.2) is 34.3 Å². The molecule has 0 fully saturated rings. The minimum atomic E-state index is 0.693. The van der Waals surface area contributed by atoms with Crippen molar-refractivity contribution in [1.82, 2.24) is 34.3 Å². The molecule has 0 amide bonds. The quantitative estimate of drug-likeness (QED) is 0.573. The van der Waals surface area contributed by atoms with Gasteiger partial charge in [0.1, 0.15) is 5.82 Å². The van der Waals surface area contributed by atoms with Crippen molar-refractivity contribution in [3.63, 3.8) is 0 Å². The monoisotopic (exact) mass is 333 g/mol. The van der Waals surface area contributed by atoms with Crippen LogP contribution in [0.5, 0.6) is 0 Å². The molecule has 0 spiro atoms. The highest BCUT2D eigenvalue weighted by Gasteiger charge is 2.12. The maximum atomic E-state index is 4.61. The molecule has 7 heteroatoms. The molecule has 0 aliphatic rings. The molecule has 0 saturated carbocycles. The molecule has 3 aromatic heterocycles. The van der Waals surface area contributed by atoms with Gasteiger partial charge in [-0.05, 0) is 32.9 Å². The molecule has 4 aromatic rings. The number of aromatic nitrogens is 7. The van der Waals surface area contributed by atoms with Crippen LogP contribution in [0.2, 0.25) is 0 Å². The average Bonchev–Trinajstić information content (AvgIpc) is 3.22. The second-order valence-corrected chi connectivity index (χ2v) is 6.07. The van der Waals surface area contributed by atoms with Gasteiger partial charge in [0, 0.05) is 19.0 Å². The summed E-state index contributed by atoms with van der Waals surface area (Å²) in [6.45, 7) is 5.88. The van der Waals surface area contributed by atoms with Gasteiger partial charge in [0.2, 0.25) is 0 Å². The summed E-state index contributed by atoms with van der Waals surface area (Å²) in [5.41, 5.74) is 3.68. The molecule has 0 aliphatic carbocycles. The van der Waals surface area contributed by atoms with Gasteiger partial charge in [-0.25, -0.2) is 19.2 Å². The Morgan fingerprint density at radius 3 is 2.32 bits per heavy atom. The van der Waals surface area contributed by atoms with Crippen LogP contribution in [0.3, 0.4) is 0 Å². The molecule has 0 N–H and O–H groups in total. The summed E-state index contributed by atoms with van der Waals surface area (Å²) in [7, 11) is 0. The first-order chi connectivity index (χ1) is 12.1. The van der Waals surface area contributed by atoms with Crippen LogP contribution in [0.1, 0.15) is 28.9 Å². The summed E-state index contributed by atoms with van der Waals surface area (Å²) in [5.74, 6) is 2.46. The third-order valence-electron chi connectivity index (χ3n) is 4.14. The summed E-state index contributed by atoms with van der Waals surface area (Å²) < 4.78 is 3.71. The van der Waals surface area contributed by atoms with Crippen LogP contribution in [0.15, 0.2) is 36.5 Å². The summed E-state index contributed by atoms with van der Waals surface area (Å²) in [5, 5.41) is 9.19. The summed E-state index contributed by atoms with van der Waals surface area (Å²) in [4.78, 5) is 13.5. The van der Waals surface area contributed by atoms with Crippen molar-refractivity contribution < 1.29 is 0 Å². The van der Waals surface area contributed by atoms with Gasteiger partial charge in [-0.1, -0.05) is 18.2 Å². The minimum absolute atomic E-state index is 0.693. The van der Waals surface area contributed by atoms with Gasteiger partial charge in [0.15, 0.2) is 17.3 Å². The topological polar surface area (TPSA) is 73.8 Å². The Kier molecular flexibility index (Phi) is 3.76. The number of benzene rings is 1. The van der Waals surface area contributed by atoms with E-state index in [1.807, 2.05) is 66.5 Å². The summed E-state index contributed by atoms with van der Waals surface area (Å²) in [6, 6.07) is 10.0. The van der Waals surface area contributed by atoms with E-state index in [0.717, 1.165) is 40.2 Å². The van der Waals surface area contributed by atoms with E-state index in [0.29, 0.717) is 12.8 Å². The van der Waals surface area contributed by atoms with E-state index in [2.05, 4.69) is 25.1 Å². The van der Waals surface area contributed by atoms with Crippen molar-refractivity contribution >= 4 is 5.65 Å². The van der Waals surface area contributed by atoms with Gasteiger partial charge >= 0.3 is 0 Å². The van der Waals surface area contributed by atoms with E-state index in [1.165, 1.54) is 0 Å². The SMILES string of the molecule is Cc1ncc(C)n2nc(CCc3nc(C)n(-c4ccccc4)n3)nc12. The molecule has 1 aromatic carbocycles. The van der Waals surface area contributed by atoms with Gasteiger partial charge in [-0.2, -0.15) is 10.2 Å². The van der Waals surface area contributed by atoms with Gasteiger partial charge in [-0.15, -0.1) is 0 Å². The minimum Gasteiger partial charge on any atom is -0.256 e. The third kappa shape index (κ3) is 2.88. The van der Waals surface area contributed by atoms with Crippen molar-refractivity contribution in [2.75, 3.05) is 0 Å². The predicted molar refractivity (Wildman–Crippen MR) is 93.8 cm³/mol. The number of aryl methyl sites for hydroxylation is 5. The van der Waals surface area contributed by atoms with Crippen molar-refractivity contribution in [1.29, 1.82) is 0 Å². The molecule has 7 nitrogen and oxygen atoms in total. The molecular formula is C18H19N7. The van der Waals surface area contributed by atoms with E-state index in [-0.39, 0.29) is 0 Å². The van der Waals surface area contributed by atoms with Crippen LogP contribution in [0.25, 0.3) is 11.3 Å². The normalized spacial score (nSPS) is 11.3. The lowest BCUT2D eigenvalue weighted by Crippen LogP contribution is -2.00. The van der Waals surface area contributed by atoms with Gasteiger partial charge in [0.25, 0.3) is 0 Å². The second-order valence-electron chi connectivity index (χ2n) is 6.07. The zero-order valence-corrected chi connectivity index (χ0v) is 14.5. The van der Waals surface area contributed by atoms with Crippen LogP contribution in [0, 0.1) is 20.8 Å². The van der Waals surface area contributed by atoms with Crippen molar-refractivity contribution in [2.24, 2.45) is 0 Å². The number of para-hydroxylation sites is 1. The molecule has 3 heterocycles. The number of hydrogen-bond acceptors (Lipinski definition) is 5. The summed E-state index contributed by atoms with van der Waals surface area (Å²) in [6.07, 6.45) is 3.20. The molecular weight excluding hydrogens is 314 g/mol. The molecule has 0 bridgehead atoms. The van der Waals surface area contributed by atoms with Gasteiger partial charge in [-0.3, -0.25) is 4.98 Å². The highest BCUT2D eigenvalue weighted by molar-refractivity contribution is 5.43. The lowest BCUT2D eigenvalue weighted by molar-refractivity contribution is 0.770. The first-order valence-electron chi connectivity index (χ1n) is 8.27. The Labute approximate surface area is 145 Å². The Balaban J connectivity index is 1.56. The lowest BCUT2D eigenvalue weighted by Gasteiger charge is -2.00. The smallest absolute Gasteiger partial charge is 0.177 e. The zero-order chi connectivity index (χ0) is 17.4. The molecule has 0 atom stereocenters. The van der Waals surface area contributed by atoms with Crippen molar-refractivity contribution in [3.05, 3.63) is 65.4 Å². The predicted octanol–water partition coefficient (Wildman–Crippen LogP) is 2.42. The van der Waals surface area contributed by atoms with E-state index in [1.54, 1.807) is 0 Å². The average molecular weight is 333 g/mol. The van der Waals surface area contributed by atoms with E-state index >= 15 is 0 Å². The van der Waals surface area contributed by atoms with Gasteiger partial charge in [0.05, 0.1) is 17.1 Å². The first-order valence-corrected chi connectivity index (χ1v) is 8.27. The van der Waals surface area contributed by atoms with E-state index < -0.39 is 0 Å². The third-order valence-corrected chi connectivity index (χ3v) is 4.14. The Bertz CT molecular complexity index is 991. The van der Waals surface area contributed by atoms with Crippen LogP contribution in [-0.2, 0) is 12.8 Å². The van der Waals surface area contributed by atoms with Crippen molar-refractivity contribution in [3.8, 4) is 5.69 Å². The Morgan fingerprint density at radius 2 is 1.60 bits per heavy atom. The number of rotatable bonds is 4. The standard InChI is InChI=1S/C18H19N7/c1-12-11-19-13(2)18-21-17(22-24(12)18)10-9-16-20-14(3)25(23-16)15-7-5-4-6-8-15/h4-8,11H,9-10H2,1-3H3. The summed E-state index contributed by atoms with van der Waals surface area (Å²) >= 11 is 0. The highest BCUT2D eigenvalue weighted by atomic mass is 15.3. The molecule has 0 aliphatic heterocycles. The Morgan fingerprint density at radius 1 is 0.880 bits per heavy atom. The molecule has 0 saturated heterocycles. The van der Waals surface area contributed by atoms with E-state index in [9.17, 15) is 0 Å². The number of hydrogen-bond donors (Lipinski definition) is 0. The van der Waals surface area contributed by atoms with Crippen molar-refractivity contribution in [2.45, 2.75) is 33.6 Å². The molecule has 126 valence electrons. The fourth-order valence-corrected chi connectivity index (χ4v) is 2.83. The van der Waals surface area contributed by atoms with Crippen LogP contribution >= 0.6 is 0 Å². The van der Waals surface area contributed by atoms with Crippen LogP contribution in [0.4, 0.5) is 0 Å². The van der Waals surface area contributed by atoms with Gasteiger partial charge < -0.3 is 0 Å². The van der Waals surface area contributed by atoms with E-state index in [4.69, 9.17) is 0 Å². The molecule has 0 radical (unpaired) electrons. The fourth-order valence-electron chi connectivity index (χ4n) is 2.83. The first kappa shape index (κ1) is 15.4. The second kappa shape index (κ2) is 6.08. The Hall–Kier alpha value is -3.09. The largest absolute Gasteiger partial charge is 0.256 e. The maximum Gasteiger partial charge on any atom is 0.177 e. The molecule has 4 rings (SSSR count). The molecule has 25 heavy (non-hydrogen) atoms. The van der Waals surface area contributed by atoms with Crippen LogP contribution < -0.4 is 0 Å². The lowest BCUT2D eigenvalue weighted by atomic mass is 10.3. The number of nitrogens with zero attached hydrogens (tertiary/aromatic N) is 7. The molecule has 0 unspecified atom stereocenters.